The number of carbonyl (C=O) groups is 2. The molecule has 1 fully saturated rings. The third-order valence-electron chi connectivity index (χ3n) is 4.51. The Morgan fingerprint density at radius 1 is 1.11 bits per heavy atom. The highest BCUT2D eigenvalue weighted by atomic mass is 16.5. The summed E-state index contributed by atoms with van der Waals surface area (Å²) in [5, 5.41) is 6.82. The van der Waals surface area contributed by atoms with E-state index in [2.05, 4.69) is 10.4 Å². The molecule has 1 aliphatic rings. The van der Waals surface area contributed by atoms with Gasteiger partial charge in [0, 0.05) is 24.8 Å². The highest BCUT2D eigenvalue weighted by molar-refractivity contribution is 6.02. The molecule has 1 aromatic carbocycles. The Morgan fingerprint density at radius 2 is 1.85 bits per heavy atom. The summed E-state index contributed by atoms with van der Waals surface area (Å²) >= 11 is 0. The van der Waals surface area contributed by atoms with E-state index in [1.54, 1.807) is 11.0 Å². The van der Waals surface area contributed by atoms with Crippen molar-refractivity contribution in [2.75, 3.05) is 31.6 Å². The van der Waals surface area contributed by atoms with Gasteiger partial charge in [0.1, 0.15) is 12.2 Å². The summed E-state index contributed by atoms with van der Waals surface area (Å²) in [4.78, 5) is 38.4. The summed E-state index contributed by atoms with van der Waals surface area (Å²) in [7, 11) is 0. The summed E-state index contributed by atoms with van der Waals surface area (Å²) in [6.45, 7) is 5.67. The van der Waals surface area contributed by atoms with E-state index in [-0.39, 0.29) is 18.1 Å². The van der Waals surface area contributed by atoms with Gasteiger partial charge in [-0.25, -0.2) is 4.68 Å². The number of hydrogen-bond acceptors (Lipinski definition) is 5. The van der Waals surface area contributed by atoms with Crippen LogP contribution in [0.4, 0.5) is 5.69 Å². The lowest BCUT2D eigenvalue weighted by Gasteiger charge is -2.26. The van der Waals surface area contributed by atoms with Crippen LogP contribution in [0.3, 0.4) is 0 Å². The number of aromatic nitrogens is 2. The van der Waals surface area contributed by atoms with Crippen LogP contribution in [0.2, 0.25) is 0 Å². The Morgan fingerprint density at radius 3 is 2.56 bits per heavy atom. The summed E-state index contributed by atoms with van der Waals surface area (Å²) in [5.41, 5.74) is 2.47. The number of carbonyl (C=O) groups excluding carboxylic acids is 2. The number of hydrogen-bond donors (Lipinski definition) is 1. The minimum atomic E-state index is -0.439. The van der Waals surface area contributed by atoms with E-state index >= 15 is 0 Å². The van der Waals surface area contributed by atoms with Crippen molar-refractivity contribution in [3.8, 4) is 0 Å². The quantitative estimate of drug-likeness (QED) is 0.866. The smallest absolute Gasteiger partial charge is 0.276 e. The maximum atomic E-state index is 12.5. The first-order chi connectivity index (χ1) is 12.9. The molecule has 1 N–H and O–H groups in total. The number of morpholine rings is 1. The number of ether oxygens (including phenoxy) is 1. The van der Waals surface area contributed by atoms with Crippen molar-refractivity contribution in [2.24, 2.45) is 0 Å². The number of amides is 2. The molecule has 142 valence electrons. The zero-order chi connectivity index (χ0) is 19.4. The molecule has 2 amide bonds. The first-order valence-corrected chi connectivity index (χ1v) is 8.76. The van der Waals surface area contributed by atoms with E-state index in [0.29, 0.717) is 32.0 Å². The zero-order valence-electron chi connectivity index (χ0n) is 15.4. The summed E-state index contributed by atoms with van der Waals surface area (Å²) in [6.07, 6.45) is 0. The van der Waals surface area contributed by atoms with Crippen molar-refractivity contribution in [3.05, 3.63) is 57.5 Å². The maximum absolute atomic E-state index is 12.5. The molecule has 1 aromatic heterocycles. The van der Waals surface area contributed by atoms with Crippen LogP contribution in [-0.4, -0.2) is 52.8 Å². The van der Waals surface area contributed by atoms with Gasteiger partial charge in [0.2, 0.25) is 5.91 Å². The monoisotopic (exact) mass is 370 g/mol. The molecule has 8 nitrogen and oxygen atoms in total. The van der Waals surface area contributed by atoms with Crippen LogP contribution in [-0.2, 0) is 16.1 Å². The van der Waals surface area contributed by atoms with Crippen LogP contribution in [0, 0.1) is 13.8 Å². The molecule has 2 heterocycles. The highest BCUT2D eigenvalue weighted by Crippen LogP contribution is 2.14. The van der Waals surface area contributed by atoms with Gasteiger partial charge < -0.3 is 15.0 Å². The van der Waals surface area contributed by atoms with Crippen molar-refractivity contribution >= 4 is 17.5 Å². The normalized spacial score (nSPS) is 14.1. The first kappa shape index (κ1) is 18.8. The molecule has 8 heteroatoms. The lowest BCUT2D eigenvalue weighted by atomic mass is 10.1. The van der Waals surface area contributed by atoms with Gasteiger partial charge in [0.15, 0.2) is 0 Å². The van der Waals surface area contributed by atoms with Gasteiger partial charge in [-0.15, -0.1) is 0 Å². The third kappa shape index (κ3) is 4.59. The van der Waals surface area contributed by atoms with Crippen LogP contribution in [0.15, 0.2) is 35.1 Å². The Bertz CT molecular complexity index is 916. The molecule has 1 aliphatic heterocycles. The molecule has 0 aliphatic carbocycles. The second kappa shape index (κ2) is 8.13. The van der Waals surface area contributed by atoms with Gasteiger partial charge in [-0.1, -0.05) is 6.07 Å². The molecular formula is C19H22N4O4. The van der Waals surface area contributed by atoms with Gasteiger partial charge in [-0.2, -0.15) is 5.10 Å². The fourth-order valence-corrected chi connectivity index (χ4v) is 2.74. The SMILES string of the molecule is Cc1ccc(NC(=O)c2ccc(=O)n(CC(=O)N3CCOCC3)n2)cc1C. The van der Waals surface area contributed by atoms with E-state index in [0.717, 1.165) is 15.8 Å². The Hall–Kier alpha value is -3.00. The second-order valence-electron chi connectivity index (χ2n) is 6.46. The van der Waals surface area contributed by atoms with Gasteiger partial charge in [0.25, 0.3) is 11.5 Å². The van der Waals surface area contributed by atoms with Gasteiger partial charge in [0.05, 0.1) is 13.2 Å². The topological polar surface area (TPSA) is 93.5 Å². The molecule has 0 atom stereocenters. The van der Waals surface area contributed by atoms with Crippen LogP contribution in [0.5, 0.6) is 0 Å². The van der Waals surface area contributed by atoms with Crippen molar-refractivity contribution < 1.29 is 14.3 Å². The molecule has 0 spiro atoms. The molecule has 3 rings (SSSR count). The summed E-state index contributed by atoms with van der Waals surface area (Å²) < 4.78 is 6.24. The molecule has 0 radical (unpaired) electrons. The van der Waals surface area contributed by atoms with E-state index in [9.17, 15) is 14.4 Å². The Balaban J connectivity index is 1.73. The predicted octanol–water partition coefficient (Wildman–Crippen LogP) is 0.971. The minimum absolute atomic E-state index is 0.0719. The van der Waals surface area contributed by atoms with Crippen LogP contribution >= 0.6 is 0 Å². The highest BCUT2D eigenvalue weighted by Gasteiger charge is 2.19. The van der Waals surface area contributed by atoms with E-state index < -0.39 is 11.5 Å². The molecule has 0 bridgehead atoms. The molecule has 1 saturated heterocycles. The second-order valence-corrected chi connectivity index (χ2v) is 6.46. The number of rotatable bonds is 4. The fourth-order valence-electron chi connectivity index (χ4n) is 2.74. The molecule has 0 unspecified atom stereocenters. The van der Waals surface area contributed by atoms with Gasteiger partial charge in [-0.05, 0) is 43.2 Å². The minimum Gasteiger partial charge on any atom is -0.378 e. The Labute approximate surface area is 156 Å². The standard InChI is InChI=1S/C19H22N4O4/c1-13-3-4-15(11-14(13)2)20-19(26)16-5-6-17(24)23(21-16)12-18(25)22-7-9-27-10-8-22/h3-6,11H,7-10,12H2,1-2H3,(H,20,26). The van der Waals surface area contributed by atoms with Crippen molar-refractivity contribution in [1.82, 2.24) is 14.7 Å². The van der Waals surface area contributed by atoms with Crippen molar-refractivity contribution in [1.29, 1.82) is 0 Å². The van der Waals surface area contributed by atoms with Gasteiger partial charge in [-0.3, -0.25) is 14.4 Å². The number of anilines is 1. The number of benzene rings is 1. The molecule has 0 saturated carbocycles. The van der Waals surface area contributed by atoms with E-state index in [1.807, 2.05) is 26.0 Å². The maximum Gasteiger partial charge on any atom is 0.276 e. The third-order valence-corrected chi connectivity index (χ3v) is 4.51. The molecule has 2 aromatic rings. The average molecular weight is 370 g/mol. The largest absolute Gasteiger partial charge is 0.378 e. The first-order valence-electron chi connectivity index (χ1n) is 8.76. The van der Waals surface area contributed by atoms with Crippen LogP contribution < -0.4 is 10.9 Å². The van der Waals surface area contributed by atoms with Crippen LogP contribution in [0.1, 0.15) is 21.6 Å². The lowest BCUT2D eigenvalue weighted by molar-refractivity contribution is -0.136. The van der Waals surface area contributed by atoms with Crippen molar-refractivity contribution in [2.45, 2.75) is 20.4 Å². The molecular weight excluding hydrogens is 348 g/mol. The number of aryl methyl sites for hydroxylation is 2. The average Bonchev–Trinajstić information content (AvgIpc) is 2.67. The van der Waals surface area contributed by atoms with E-state index in [4.69, 9.17) is 4.74 Å². The lowest BCUT2D eigenvalue weighted by Crippen LogP contribution is -2.43. The molecule has 27 heavy (non-hydrogen) atoms. The summed E-state index contributed by atoms with van der Waals surface area (Å²) in [6, 6.07) is 8.19. The summed E-state index contributed by atoms with van der Waals surface area (Å²) in [5.74, 6) is -0.662. The Kier molecular flexibility index (Phi) is 5.66. The van der Waals surface area contributed by atoms with Crippen LogP contribution in [0.25, 0.3) is 0 Å². The van der Waals surface area contributed by atoms with E-state index in [1.165, 1.54) is 12.1 Å². The predicted molar refractivity (Wildman–Crippen MR) is 99.8 cm³/mol. The zero-order valence-corrected chi connectivity index (χ0v) is 15.4. The van der Waals surface area contributed by atoms with Crippen molar-refractivity contribution in [3.63, 3.8) is 0 Å². The number of nitrogens with one attached hydrogen (secondary N) is 1. The number of nitrogens with zero attached hydrogens (tertiary/aromatic N) is 3. The van der Waals surface area contributed by atoms with Gasteiger partial charge >= 0.3 is 0 Å². The fraction of sp³-hybridized carbons (Fsp3) is 0.368.